The van der Waals surface area contributed by atoms with Crippen molar-refractivity contribution in [3.8, 4) is 0 Å². The van der Waals surface area contributed by atoms with Crippen LogP contribution in [-0.2, 0) is 14.3 Å². The molecule has 0 aliphatic carbocycles. The van der Waals surface area contributed by atoms with E-state index in [0.29, 0.717) is 45.0 Å². The topological polar surface area (TPSA) is 84.9 Å². The van der Waals surface area contributed by atoms with Crippen molar-refractivity contribution in [1.82, 2.24) is 19.8 Å². The van der Waals surface area contributed by atoms with Crippen LogP contribution < -0.4 is 0 Å². The maximum Gasteiger partial charge on any atom is 0.254 e. The highest BCUT2D eigenvalue weighted by molar-refractivity contribution is 5.97. The Morgan fingerprint density at radius 1 is 0.964 bits per heavy atom. The quantitative estimate of drug-likeness (QED) is 0.694. The van der Waals surface area contributed by atoms with E-state index in [-0.39, 0.29) is 18.4 Å². The van der Waals surface area contributed by atoms with E-state index in [1.165, 1.54) is 0 Å². The van der Waals surface area contributed by atoms with Crippen LogP contribution >= 0.6 is 0 Å². The number of piperazine rings is 1. The molecule has 2 amide bonds. The van der Waals surface area contributed by atoms with Crippen molar-refractivity contribution < 1.29 is 19.1 Å². The minimum Gasteiger partial charge on any atom is -0.382 e. The van der Waals surface area contributed by atoms with Crippen LogP contribution in [0, 0.1) is 13.8 Å². The van der Waals surface area contributed by atoms with E-state index < -0.39 is 0 Å². The molecule has 1 aromatic carbocycles. The molecule has 150 valence electrons. The average molecular weight is 386 g/mol. The summed E-state index contributed by atoms with van der Waals surface area (Å²) >= 11 is 0. The normalized spacial score (nSPS) is 14.5. The molecule has 1 aliphatic heterocycles. The lowest BCUT2D eigenvalue weighted by Crippen LogP contribution is -2.51. The summed E-state index contributed by atoms with van der Waals surface area (Å²) in [4.78, 5) is 37.5. The number of rotatable bonds is 6. The van der Waals surface area contributed by atoms with Gasteiger partial charge >= 0.3 is 0 Å². The molecule has 2 aromatic rings. The molecule has 0 bridgehead atoms. The van der Waals surface area contributed by atoms with Crippen molar-refractivity contribution in [1.29, 1.82) is 0 Å². The summed E-state index contributed by atoms with van der Waals surface area (Å²) in [5.74, 6) is -0.111. The number of hydrogen-bond donors (Lipinski definition) is 0. The third-order valence-corrected chi connectivity index (χ3v) is 4.90. The van der Waals surface area contributed by atoms with Crippen LogP contribution in [0.4, 0.5) is 0 Å². The molecular weight excluding hydrogens is 360 g/mol. The van der Waals surface area contributed by atoms with Gasteiger partial charge in [0.1, 0.15) is 6.61 Å². The van der Waals surface area contributed by atoms with E-state index in [1.54, 1.807) is 29.0 Å². The molecule has 0 spiro atoms. The third kappa shape index (κ3) is 4.63. The SMILES string of the molecule is COCCOCC(=O)N1CCN(C(=O)c2ccc3nc(C)c(C)nc3c2)CC1. The Kier molecular flexibility index (Phi) is 6.53. The Morgan fingerprint density at radius 2 is 1.61 bits per heavy atom. The van der Waals surface area contributed by atoms with Crippen molar-refractivity contribution in [2.45, 2.75) is 13.8 Å². The Bertz CT molecular complexity index is 863. The molecular formula is C20H26N4O4. The van der Waals surface area contributed by atoms with Gasteiger partial charge in [0.05, 0.1) is 35.6 Å². The first-order valence-corrected chi connectivity index (χ1v) is 9.38. The molecule has 0 unspecified atom stereocenters. The van der Waals surface area contributed by atoms with Crippen LogP contribution in [0.3, 0.4) is 0 Å². The van der Waals surface area contributed by atoms with Gasteiger partial charge in [-0.2, -0.15) is 0 Å². The van der Waals surface area contributed by atoms with Crippen LogP contribution in [0.25, 0.3) is 11.0 Å². The number of benzene rings is 1. The minimum atomic E-state index is -0.0602. The molecule has 0 saturated carbocycles. The predicted octanol–water partition coefficient (Wildman–Crippen LogP) is 1.19. The first-order valence-electron chi connectivity index (χ1n) is 9.38. The zero-order chi connectivity index (χ0) is 20.1. The van der Waals surface area contributed by atoms with Crippen molar-refractivity contribution in [3.63, 3.8) is 0 Å². The fourth-order valence-electron chi connectivity index (χ4n) is 3.10. The zero-order valence-corrected chi connectivity index (χ0v) is 16.6. The molecule has 1 aliphatic rings. The second-order valence-electron chi connectivity index (χ2n) is 6.82. The minimum absolute atomic E-state index is 0.0411. The Labute approximate surface area is 164 Å². The van der Waals surface area contributed by atoms with Gasteiger partial charge in [0.15, 0.2) is 0 Å². The summed E-state index contributed by atoms with van der Waals surface area (Å²) in [5.41, 5.74) is 3.84. The molecule has 28 heavy (non-hydrogen) atoms. The van der Waals surface area contributed by atoms with E-state index in [4.69, 9.17) is 9.47 Å². The van der Waals surface area contributed by atoms with Gasteiger partial charge < -0.3 is 19.3 Å². The largest absolute Gasteiger partial charge is 0.382 e. The molecule has 1 fully saturated rings. The van der Waals surface area contributed by atoms with Crippen molar-refractivity contribution >= 4 is 22.8 Å². The summed E-state index contributed by atoms with van der Waals surface area (Å²) in [5, 5.41) is 0. The van der Waals surface area contributed by atoms with Gasteiger partial charge in [0.2, 0.25) is 5.91 Å². The maximum absolute atomic E-state index is 12.9. The molecule has 1 aromatic heterocycles. The molecule has 0 N–H and O–H groups in total. The summed E-state index contributed by atoms with van der Waals surface area (Å²) in [6.45, 7) is 6.73. The summed E-state index contributed by atoms with van der Waals surface area (Å²) < 4.78 is 10.2. The van der Waals surface area contributed by atoms with Crippen LogP contribution in [0.2, 0.25) is 0 Å². The van der Waals surface area contributed by atoms with E-state index in [0.717, 1.165) is 22.4 Å². The van der Waals surface area contributed by atoms with Crippen LogP contribution in [0.1, 0.15) is 21.7 Å². The van der Waals surface area contributed by atoms with Gasteiger partial charge in [0.25, 0.3) is 5.91 Å². The number of carbonyl (C=O) groups excluding carboxylic acids is 2. The molecule has 8 nitrogen and oxygen atoms in total. The van der Waals surface area contributed by atoms with Crippen LogP contribution in [0.5, 0.6) is 0 Å². The lowest BCUT2D eigenvalue weighted by atomic mass is 10.1. The van der Waals surface area contributed by atoms with E-state index in [1.807, 2.05) is 19.9 Å². The van der Waals surface area contributed by atoms with Gasteiger partial charge in [-0.05, 0) is 32.0 Å². The number of aromatic nitrogens is 2. The summed E-state index contributed by atoms with van der Waals surface area (Å²) in [6, 6.07) is 5.41. The van der Waals surface area contributed by atoms with E-state index in [9.17, 15) is 9.59 Å². The molecule has 1 saturated heterocycles. The molecule has 0 atom stereocenters. The highest BCUT2D eigenvalue weighted by Gasteiger charge is 2.25. The number of carbonyl (C=O) groups is 2. The Hall–Kier alpha value is -2.58. The van der Waals surface area contributed by atoms with Gasteiger partial charge in [-0.3, -0.25) is 9.59 Å². The monoisotopic (exact) mass is 386 g/mol. The van der Waals surface area contributed by atoms with Crippen LogP contribution in [0.15, 0.2) is 18.2 Å². The summed E-state index contributed by atoms with van der Waals surface area (Å²) in [7, 11) is 1.59. The van der Waals surface area contributed by atoms with Gasteiger partial charge in [-0.1, -0.05) is 0 Å². The summed E-state index contributed by atoms with van der Waals surface area (Å²) in [6.07, 6.45) is 0. The zero-order valence-electron chi connectivity index (χ0n) is 16.6. The lowest BCUT2D eigenvalue weighted by molar-refractivity contribution is -0.138. The number of nitrogens with zero attached hydrogens (tertiary/aromatic N) is 4. The highest BCUT2D eigenvalue weighted by Crippen LogP contribution is 2.16. The molecule has 8 heteroatoms. The lowest BCUT2D eigenvalue weighted by Gasteiger charge is -2.34. The second kappa shape index (κ2) is 9.07. The Morgan fingerprint density at radius 3 is 2.29 bits per heavy atom. The maximum atomic E-state index is 12.9. The van der Waals surface area contributed by atoms with Crippen molar-refractivity contribution in [2.24, 2.45) is 0 Å². The predicted molar refractivity (Wildman–Crippen MR) is 104 cm³/mol. The first-order chi connectivity index (χ1) is 13.5. The van der Waals surface area contributed by atoms with Crippen molar-refractivity contribution in [2.75, 3.05) is 53.1 Å². The number of fused-ring (bicyclic) bond motifs is 1. The molecule has 0 radical (unpaired) electrons. The number of aryl methyl sites for hydroxylation is 2. The molecule has 2 heterocycles. The van der Waals surface area contributed by atoms with Crippen LogP contribution in [-0.4, -0.2) is 84.7 Å². The van der Waals surface area contributed by atoms with Gasteiger partial charge in [-0.25, -0.2) is 9.97 Å². The van der Waals surface area contributed by atoms with Gasteiger partial charge in [-0.15, -0.1) is 0 Å². The molecule has 3 rings (SSSR count). The number of hydrogen-bond acceptors (Lipinski definition) is 6. The first kappa shape index (κ1) is 20.2. The fraction of sp³-hybridized carbons (Fsp3) is 0.500. The van der Waals surface area contributed by atoms with E-state index in [2.05, 4.69) is 9.97 Å². The second-order valence-corrected chi connectivity index (χ2v) is 6.82. The third-order valence-electron chi connectivity index (χ3n) is 4.90. The highest BCUT2D eigenvalue weighted by atomic mass is 16.5. The smallest absolute Gasteiger partial charge is 0.254 e. The van der Waals surface area contributed by atoms with E-state index >= 15 is 0 Å². The standard InChI is InChI=1S/C20H26N4O4/c1-14-15(2)22-18-12-16(4-5-17(18)21-14)20(26)24-8-6-23(7-9-24)19(25)13-28-11-10-27-3/h4-5,12H,6-11,13H2,1-3H3. The number of amides is 2. The Balaban J connectivity index is 1.58. The fourth-order valence-corrected chi connectivity index (χ4v) is 3.10. The number of ether oxygens (including phenoxy) is 2. The van der Waals surface area contributed by atoms with Crippen molar-refractivity contribution in [3.05, 3.63) is 35.2 Å². The number of methoxy groups -OCH3 is 1. The van der Waals surface area contributed by atoms with Gasteiger partial charge in [0, 0.05) is 38.9 Å². The average Bonchev–Trinajstić information content (AvgIpc) is 2.71.